The molecule has 1 heterocycles. The number of benzene rings is 1. The summed E-state index contributed by atoms with van der Waals surface area (Å²) in [5.41, 5.74) is 0.977. The van der Waals surface area contributed by atoms with E-state index in [0.717, 1.165) is 17.7 Å². The second-order valence-electron chi connectivity index (χ2n) is 6.31. The van der Waals surface area contributed by atoms with Crippen molar-refractivity contribution in [2.45, 2.75) is 40.3 Å². The number of carbonyl (C=O) groups is 1. The zero-order valence-electron chi connectivity index (χ0n) is 15.0. The van der Waals surface area contributed by atoms with Gasteiger partial charge >= 0.3 is 0 Å². The lowest BCUT2D eigenvalue weighted by Crippen LogP contribution is -2.29. The first-order valence-electron chi connectivity index (χ1n) is 8.57. The van der Waals surface area contributed by atoms with Gasteiger partial charge in [0.2, 0.25) is 0 Å². The number of hydrogen-bond acceptors (Lipinski definition) is 4. The molecule has 0 atom stereocenters. The molecule has 2 aromatic rings. The van der Waals surface area contributed by atoms with Gasteiger partial charge in [0.05, 0.1) is 6.61 Å². The Balaban J connectivity index is 1.99. The van der Waals surface area contributed by atoms with E-state index in [-0.39, 0.29) is 17.2 Å². The molecule has 0 unspecified atom stereocenters. The maximum Gasteiger partial charge on any atom is 0.271 e. The Labute approximate surface area is 147 Å². The molecule has 6 nitrogen and oxygen atoms in total. The van der Waals surface area contributed by atoms with E-state index in [0.29, 0.717) is 25.6 Å². The van der Waals surface area contributed by atoms with Gasteiger partial charge in [-0.3, -0.25) is 9.59 Å². The van der Waals surface area contributed by atoms with E-state index in [2.05, 4.69) is 24.3 Å². The molecular weight excluding hydrogens is 318 g/mol. The molecule has 0 saturated heterocycles. The number of rotatable bonds is 8. The fourth-order valence-corrected chi connectivity index (χ4v) is 2.22. The van der Waals surface area contributed by atoms with Crippen LogP contribution in [0.4, 0.5) is 0 Å². The quantitative estimate of drug-likeness (QED) is 0.800. The molecule has 0 spiro atoms. The molecule has 0 bridgehead atoms. The van der Waals surface area contributed by atoms with Crippen LogP contribution in [0.15, 0.2) is 41.2 Å². The molecule has 0 aliphatic rings. The number of aromatic nitrogens is 2. The van der Waals surface area contributed by atoms with Crippen molar-refractivity contribution < 1.29 is 9.53 Å². The highest BCUT2D eigenvalue weighted by atomic mass is 16.5. The molecule has 25 heavy (non-hydrogen) atoms. The van der Waals surface area contributed by atoms with Gasteiger partial charge in [-0.05, 0) is 36.1 Å². The van der Waals surface area contributed by atoms with Crippen LogP contribution in [0.25, 0.3) is 0 Å². The minimum atomic E-state index is -0.307. The molecule has 0 saturated carbocycles. The van der Waals surface area contributed by atoms with Crippen molar-refractivity contribution in [3.05, 3.63) is 58.0 Å². The van der Waals surface area contributed by atoms with Gasteiger partial charge in [-0.2, -0.15) is 5.10 Å². The third-order valence-corrected chi connectivity index (χ3v) is 3.47. The predicted molar refractivity (Wildman–Crippen MR) is 96.7 cm³/mol. The van der Waals surface area contributed by atoms with Gasteiger partial charge in [0.25, 0.3) is 11.5 Å². The monoisotopic (exact) mass is 343 g/mol. The van der Waals surface area contributed by atoms with E-state index in [1.165, 1.54) is 16.8 Å². The molecule has 2 rings (SSSR count). The zero-order chi connectivity index (χ0) is 18.2. The summed E-state index contributed by atoms with van der Waals surface area (Å²) >= 11 is 0. The van der Waals surface area contributed by atoms with Gasteiger partial charge in [-0.25, -0.2) is 4.68 Å². The van der Waals surface area contributed by atoms with E-state index in [4.69, 9.17) is 4.74 Å². The Morgan fingerprint density at radius 3 is 2.80 bits per heavy atom. The first-order chi connectivity index (χ1) is 12.0. The topological polar surface area (TPSA) is 73.2 Å². The SMILES string of the molecule is CCCn1nc(C(=O)NCc2cccc(OCC(C)C)c2)ccc1=O. The van der Waals surface area contributed by atoms with Gasteiger partial charge < -0.3 is 10.1 Å². The van der Waals surface area contributed by atoms with Crippen molar-refractivity contribution in [3.8, 4) is 5.75 Å². The lowest BCUT2D eigenvalue weighted by Gasteiger charge is -2.11. The van der Waals surface area contributed by atoms with Crippen LogP contribution in [0.3, 0.4) is 0 Å². The van der Waals surface area contributed by atoms with Gasteiger partial charge in [-0.1, -0.05) is 32.9 Å². The number of amides is 1. The van der Waals surface area contributed by atoms with Crippen LogP contribution in [-0.2, 0) is 13.1 Å². The third kappa shape index (κ3) is 5.74. The molecule has 6 heteroatoms. The highest BCUT2D eigenvalue weighted by Gasteiger charge is 2.09. The van der Waals surface area contributed by atoms with Crippen molar-refractivity contribution in [1.82, 2.24) is 15.1 Å². The number of hydrogen-bond donors (Lipinski definition) is 1. The van der Waals surface area contributed by atoms with Gasteiger partial charge in [-0.15, -0.1) is 0 Å². The highest BCUT2D eigenvalue weighted by Crippen LogP contribution is 2.14. The number of ether oxygens (including phenoxy) is 1. The maximum atomic E-state index is 12.3. The first-order valence-corrected chi connectivity index (χ1v) is 8.57. The molecule has 1 amide bonds. The summed E-state index contributed by atoms with van der Waals surface area (Å²) in [6, 6.07) is 10.5. The number of carbonyl (C=O) groups excluding carboxylic acids is 1. The molecule has 134 valence electrons. The van der Waals surface area contributed by atoms with E-state index < -0.39 is 0 Å². The van der Waals surface area contributed by atoms with Gasteiger partial charge in [0, 0.05) is 19.2 Å². The molecule has 0 fully saturated rings. The van der Waals surface area contributed by atoms with Crippen molar-refractivity contribution in [2.75, 3.05) is 6.61 Å². The standard InChI is InChI=1S/C19H25N3O3/c1-4-10-22-18(23)9-8-17(21-22)19(24)20-12-15-6-5-7-16(11-15)25-13-14(2)3/h5-9,11,14H,4,10,12-13H2,1-3H3,(H,20,24). The molecule has 0 aliphatic carbocycles. The zero-order valence-corrected chi connectivity index (χ0v) is 15.0. The Kier molecular flexibility index (Phi) is 6.74. The van der Waals surface area contributed by atoms with Crippen LogP contribution < -0.4 is 15.6 Å². The molecule has 0 radical (unpaired) electrons. The maximum absolute atomic E-state index is 12.3. The molecular formula is C19H25N3O3. The Hall–Kier alpha value is -2.63. The Morgan fingerprint density at radius 2 is 2.08 bits per heavy atom. The van der Waals surface area contributed by atoms with Crippen LogP contribution in [0, 0.1) is 5.92 Å². The van der Waals surface area contributed by atoms with Crippen LogP contribution in [0.2, 0.25) is 0 Å². The lowest BCUT2D eigenvalue weighted by atomic mass is 10.2. The second-order valence-corrected chi connectivity index (χ2v) is 6.31. The summed E-state index contributed by atoms with van der Waals surface area (Å²) in [5, 5.41) is 6.93. The number of nitrogens with one attached hydrogen (secondary N) is 1. The first kappa shape index (κ1) is 18.7. The largest absolute Gasteiger partial charge is 0.493 e. The summed E-state index contributed by atoms with van der Waals surface area (Å²) in [6.45, 7) is 7.65. The van der Waals surface area contributed by atoms with Crippen molar-refractivity contribution in [1.29, 1.82) is 0 Å². The third-order valence-electron chi connectivity index (χ3n) is 3.47. The fourth-order valence-electron chi connectivity index (χ4n) is 2.22. The normalized spacial score (nSPS) is 10.7. The minimum Gasteiger partial charge on any atom is -0.493 e. The molecule has 1 aromatic carbocycles. The number of nitrogens with zero attached hydrogens (tertiary/aromatic N) is 2. The van der Waals surface area contributed by atoms with E-state index in [9.17, 15) is 9.59 Å². The molecule has 0 aliphatic heterocycles. The Morgan fingerprint density at radius 1 is 1.28 bits per heavy atom. The van der Waals surface area contributed by atoms with Crippen LogP contribution >= 0.6 is 0 Å². The summed E-state index contributed by atoms with van der Waals surface area (Å²) in [7, 11) is 0. The van der Waals surface area contributed by atoms with E-state index in [1.54, 1.807) is 0 Å². The molecule has 1 N–H and O–H groups in total. The van der Waals surface area contributed by atoms with E-state index in [1.807, 2.05) is 31.2 Å². The summed E-state index contributed by atoms with van der Waals surface area (Å²) in [6.07, 6.45) is 0.779. The summed E-state index contributed by atoms with van der Waals surface area (Å²) < 4.78 is 7.01. The van der Waals surface area contributed by atoms with Crippen LogP contribution in [-0.4, -0.2) is 22.3 Å². The average molecular weight is 343 g/mol. The lowest BCUT2D eigenvalue weighted by molar-refractivity contribution is 0.0943. The molecule has 1 aromatic heterocycles. The summed E-state index contributed by atoms with van der Waals surface area (Å²) in [4.78, 5) is 23.9. The average Bonchev–Trinajstić information content (AvgIpc) is 2.60. The smallest absolute Gasteiger partial charge is 0.271 e. The van der Waals surface area contributed by atoms with Crippen LogP contribution in [0.5, 0.6) is 5.75 Å². The van der Waals surface area contributed by atoms with Crippen LogP contribution in [0.1, 0.15) is 43.2 Å². The summed E-state index contributed by atoms with van der Waals surface area (Å²) in [5.74, 6) is 0.932. The van der Waals surface area contributed by atoms with E-state index >= 15 is 0 Å². The van der Waals surface area contributed by atoms with Gasteiger partial charge in [0.15, 0.2) is 0 Å². The second kappa shape index (κ2) is 9.01. The van der Waals surface area contributed by atoms with Gasteiger partial charge in [0.1, 0.15) is 11.4 Å². The highest BCUT2D eigenvalue weighted by molar-refractivity contribution is 5.91. The van der Waals surface area contributed by atoms with Crippen molar-refractivity contribution in [2.24, 2.45) is 5.92 Å². The van der Waals surface area contributed by atoms with Crippen molar-refractivity contribution >= 4 is 5.91 Å². The number of aryl methyl sites for hydroxylation is 1. The van der Waals surface area contributed by atoms with Crippen molar-refractivity contribution in [3.63, 3.8) is 0 Å². The fraction of sp³-hybridized carbons (Fsp3) is 0.421. The predicted octanol–water partition coefficient (Wildman–Crippen LogP) is 2.62. The Bertz CT molecular complexity index is 769. The minimum absolute atomic E-state index is 0.201.